The molecular weight excluding hydrogens is 362 g/mol. The van der Waals surface area contributed by atoms with Crippen molar-refractivity contribution in [3.8, 4) is 5.75 Å². The number of hydrogen-bond acceptors (Lipinski definition) is 4. The largest absolute Gasteiger partial charge is 0.481 e. The van der Waals surface area contributed by atoms with E-state index in [1.165, 1.54) is 29.7 Å². The molecule has 1 atom stereocenters. The van der Waals surface area contributed by atoms with E-state index >= 15 is 0 Å². The molecule has 2 aromatic carbocycles. The molecular formula is C24H31N3O2. The first-order valence-electron chi connectivity index (χ1n) is 10.7. The fourth-order valence-corrected chi connectivity index (χ4v) is 4.16. The molecule has 2 aliphatic rings. The molecule has 4 rings (SSSR count). The summed E-state index contributed by atoms with van der Waals surface area (Å²) in [5, 5.41) is 2.99. The van der Waals surface area contributed by atoms with Crippen molar-refractivity contribution in [2.45, 2.75) is 38.7 Å². The van der Waals surface area contributed by atoms with Crippen LogP contribution in [0.3, 0.4) is 0 Å². The van der Waals surface area contributed by atoms with Crippen LogP contribution in [0.1, 0.15) is 30.9 Å². The van der Waals surface area contributed by atoms with E-state index in [-0.39, 0.29) is 5.91 Å². The lowest BCUT2D eigenvalue weighted by Crippen LogP contribution is -2.44. The number of hydrogen-bond donors (Lipinski definition) is 1. The second kappa shape index (κ2) is 8.87. The number of anilines is 2. The zero-order valence-corrected chi connectivity index (χ0v) is 17.5. The van der Waals surface area contributed by atoms with Gasteiger partial charge in [0.05, 0.1) is 0 Å². The Kier molecular flexibility index (Phi) is 6.05. The fraction of sp³-hybridized carbons (Fsp3) is 0.458. The Morgan fingerprint density at radius 2 is 1.72 bits per heavy atom. The van der Waals surface area contributed by atoms with Crippen molar-refractivity contribution in [1.82, 2.24) is 4.90 Å². The predicted molar refractivity (Wildman–Crippen MR) is 118 cm³/mol. The fourth-order valence-electron chi connectivity index (χ4n) is 4.16. The lowest BCUT2D eigenvalue weighted by Gasteiger charge is -2.34. The van der Waals surface area contributed by atoms with Crippen LogP contribution < -0.4 is 15.0 Å². The standard InChI is InChI=1S/C24H31N3O2/c1-18(29-23-9-5-7-19-6-3-4-8-22(19)23)24(28)25-20-10-12-21(13-11-20)27-16-14-26(2)15-17-27/h5,7,9-13,18H,3-4,6,8,14-17H2,1-2H3,(H,25,28)/t18-/m1/s1. The maximum atomic E-state index is 12.7. The summed E-state index contributed by atoms with van der Waals surface area (Å²) in [4.78, 5) is 17.4. The number of ether oxygens (including phenoxy) is 1. The third kappa shape index (κ3) is 4.73. The number of carbonyl (C=O) groups is 1. The van der Waals surface area contributed by atoms with Gasteiger partial charge < -0.3 is 19.9 Å². The molecule has 0 aromatic heterocycles. The third-order valence-electron chi connectivity index (χ3n) is 6.03. The van der Waals surface area contributed by atoms with Crippen LogP contribution in [0, 0.1) is 0 Å². The highest BCUT2D eigenvalue weighted by atomic mass is 16.5. The third-order valence-corrected chi connectivity index (χ3v) is 6.03. The Labute approximate surface area is 173 Å². The van der Waals surface area contributed by atoms with Crippen LogP contribution in [0.4, 0.5) is 11.4 Å². The Morgan fingerprint density at radius 3 is 2.48 bits per heavy atom. The number of likely N-dealkylation sites (N-methyl/N-ethyl adjacent to an activating group) is 1. The minimum Gasteiger partial charge on any atom is -0.481 e. The number of rotatable bonds is 5. The molecule has 154 valence electrons. The normalized spacial score (nSPS) is 18.1. The highest BCUT2D eigenvalue weighted by molar-refractivity contribution is 5.94. The number of piperazine rings is 1. The summed E-state index contributed by atoms with van der Waals surface area (Å²) in [6.07, 6.45) is 4.02. The molecule has 0 bridgehead atoms. The molecule has 1 N–H and O–H groups in total. The highest BCUT2D eigenvalue weighted by Gasteiger charge is 2.20. The second-order valence-corrected chi connectivity index (χ2v) is 8.19. The van der Waals surface area contributed by atoms with E-state index in [1.807, 2.05) is 31.2 Å². The molecule has 1 aliphatic heterocycles. The monoisotopic (exact) mass is 393 g/mol. The minimum absolute atomic E-state index is 0.120. The Morgan fingerprint density at radius 1 is 1.00 bits per heavy atom. The summed E-state index contributed by atoms with van der Waals surface area (Å²) in [7, 11) is 2.16. The second-order valence-electron chi connectivity index (χ2n) is 8.19. The maximum Gasteiger partial charge on any atom is 0.265 e. The molecule has 1 amide bonds. The summed E-state index contributed by atoms with van der Waals surface area (Å²) < 4.78 is 6.05. The number of amides is 1. The SMILES string of the molecule is C[C@@H](Oc1cccc2c1CCCC2)C(=O)Nc1ccc(N2CCN(C)CC2)cc1. The summed E-state index contributed by atoms with van der Waals surface area (Å²) in [6, 6.07) is 14.3. The van der Waals surface area contributed by atoms with Crippen molar-refractivity contribution in [3.63, 3.8) is 0 Å². The van der Waals surface area contributed by atoms with Gasteiger partial charge in [-0.25, -0.2) is 0 Å². The average Bonchev–Trinajstić information content (AvgIpc) is 2.75. The van der Waals surface area contributed by atoms with Crippen molar-refractivity contribution in [2.75, 3.05) is 43.4 Å². The number of nitrogens with one attached hydrogen (secondary N) is 1. The smallest absolute Gasteiger partial charge is 0.265 e. The number of carbonyl (C=O) groups excluding carboxylic acids is 1. The van der Waals surface area contributed by atoms with E-state index < -0.39 is 6.10 Å². The van der Waals surface area contributed by atoms with Crippen molar-refractivity contribution in [2.24, 2.45) is 0 Å². The predicted octanol–water partition coefficient (Wildman–Crippen LogP) is 3.72. The van der Waals surface area contributed by atoms with E-state index in [9.17, 15) is 4.79 Å². The summed E-state index contributed by atoms with van der Waals surface area (Å²) in [6.45, 7) is 6.05. The van der Waals surface area contributed by atoms with Gasteiger partial charge in [0.25, 0.3) is 5.91 Å². The average molecular weight is 394 g/mol. The molecule has 1 heterocycles. The molecule has 2 aromatic rings. The first-order chi connectivity index (χ1) is 14.1. The molecule has 1 fully saturated rings. The van der Waals surface area contributed by atoms with Crippen LogP contribution >= 0.6 is 0 Å². The summed E-state index contributed by atoms with van der Waals surface area (Å²) in [5.74, 6) is 0.737. The van der Waals surface area contributed by atoms with Gasteiger partial charge >= 0.3 is 0 Å². The molecule has 5 heteroatoms. The molecule has 0 spiro atoms. The van der Waals surface area contributed by atoms with E-state index in [4.69, 9.17) is 4.74 Å². The van der Waals surface area contributed by atoms with Crippen molar-refractivity contribution in [3.05, 3.63) is 53.6 Å². The highest BCUT2D eigenvalue weighted by Crippen LogP contribution is 2.30. The summed E-state index contributed by atoms with van der Waals surface area (Å²) >= 11 is 0. The molecule has 1 saturated heterocycles. The van der Waals surface area contributed by atoms with Crippen LogP contribution in [-0.2, 0) is 17.6 Å². The number of aryl methyl sites for hydroxylation is 1. The van der Waals surface area contributed by atoms with Gasteiger partial charge in [0.1, 0.15) is 5.75 Å². The van der Waals surface area contributed by atoms with Crippen LogP contribution in [0.2, 0.25) is 0 Å². The molecule has 0 saturated carbocycles. The van der Waals surface area contributed by atoms with E-state index in [0.29, 0.717) is 0 Å². The van der Waals surface area contributed by atoms with Crippen LogP contribution in [0.25, 0.3) is 0 Å². The van der Waals surface area contributed by atoms with E-state index in [2.05, 4.69) is 40.4 Å². The Balaban J connectivity index is 1.35. The number of nitrogens with zero attached hydrogens (tertiary/aromatic N) is 2. The minimum atomic E-state index is -0.541. The zero-order valence-electron chi connectivity index (χ0n) is 17.5. The zero-order chi connectivity index (χ0) is 20.2. The number of fused-ring (bicyclic) bond motifs is 1. The van der Waals surface area contributed by atoms with Gasteiger partial charge in [-0.05, 0) is 81.1 Å². The van der Waals surface area contributed by atoms with Gasteiger partial charge in [-0.1, -0.05) is 12.1 Å². The summed E-state index contributed by atoms with van der Waals surface area (Å²) in [5.41, 5.74) is 4.64. The van der Waals surface area contributed by atoms with Gasteiger partial charge in [-0.2, -0.15) is 0 Å². The Bertz CT molecular complexity index is 842. The van der Waals surface area contributed by atoms with Crippen LogP contribution in [0.5, 0.6) is 5.75 Å². The first-order valence-corrected chi connectivity index (χ1v) is 10.7. The van der Waals surface area contributed by atoms with Crippen molar-refractivity contribution in [1.29, 1.82) is 0 Å². The van der Waals surface area contributed by atoms with Gasteiger partial charge in [0.15, 0.2) is 6.10 Å². The van der Waals surface area contributed by atoms with Crippen molar-refractivity contribution >= 4 is 17.3 Å². The Hall–Kier alpha value is -2.53. The van der Waals surface area contributed by atoms with Crippen LogP contribution in [0.15, 0.2) is 42.5 Å². The molecule has 1 aliphatic carbocycles. The number of benzene rings is 2. The van der Waals surface area contributed by atoms with E-state index in [1.54, 1.807) is 0 Å². The lowest BCUT2D eigenvalue weighted by atomic mass is 9.91. The molecule has 29 heavy (non-hydrogen) atoms. The van der Waals surface area contributed by atoms with Crippen LogP contribution in [-0.4, -0.2) is 50.1 Å². The van der Waals surface area contributed by atoms with E-state index in [0.717, 1.165) is 50.5 Å². The maximum absolute atomic E-state index is 12.7. The van der Waals surface area contributed by atoms with Gasteiger partial charge in [-0.3, -0.25) is 4.79 Å². The molecule has 0 unspecified atom stereocenters. The topological polar surface area (TPSA) is 44.8 Å². The molecule has 0 radical (unpaired) electrons. The van der Waals surface area contributed by atoms with Crippen molar-refractivity contribution < 1.29 is 9.53 Å². The van der Waals surface area contributed by atoms with Gasteiger partial charge in [0, 0.05) is 37.6 Å². The quantitative estimate of drug-likeness (QED) is 0.841. The molecule has 5 nitrogen and oxygen atoms in total. The lowest BCUT2D eigenvalue weighted by molar-refractivity contribution is -0.122. The van der Waals surface area contributed by atoms with Gasteiger partial charge in [0.2, 0.25) is 0 Å². The van der Waals surface area contributed by atoms with Gasteiger partial charge in [-0.15, -0.1) is 0 Å². The first kappa shape index (κ1) is 19.8.